The molecular weight excluding hydrogens is 695 g/mol. The summed E-state index contributed by atoms with van der Waals surface area (Å²) in [5.41, 5.74) is 10.9. The minimum atomic E-state index is 0.523. The summed E-state index contributed by atoms with van der Waals surface area (Å²) in [7, 11) is 0. The zero-order valence-electron chi connectivity index (χ0n) is 28.8. The molecule has 0 atom stereocenters. The number of aromatic nitrogens is 3. The largest absolute Gasteiger partial charge is 0.309 e. The highest BCUT2D eigenvalue weighted by Gasteiger charge is 2.19. The lowest BCUT2D eigenvalue weighted by molar-refractivity contribution is 1.13. The molecule has 10 aromatic rings. The molecule has 10 rings (SSSR count). The predicted molar refractivity (Wildman–Crippen MR) is 218 cm³/mol. The smallest absolute Gasteiger partial charge is 0.124 e. The molecule has 7 aromatic carbocycles. The summed E-state index contributed by atoms with van der Waals surface area (Å²) in [6.07, 6.45) is 0. The number of benzene rings is 7. The van der Waals surface area contributed by atoms with Crippen molar-refractivity contribution in [3.8, 4) is 57.3 Å². The van der Waals surface area contributed by atoms with Crippen molar-refractivity contribution in [3.05, 3.63) is 162 Å². The Morgan fingerprint density at radius 1 is 0.418 bits per heavy atom. The molecule has 7 nitrogen and oxygen atoms in total. The molecule has 3 aromatic heterocycles. The molecule has 0 saturated heterocycles. The van der Waals surface area contributed by atoms with Gasteiger partial charge in [-0.2, -0.15) is 21.0 Å². The second-order valence-corrected chi connectivity index (χ2v) is 14.4. The Bertz CT molecular complexity index is 3080. The fraction of sp³-hybridized carbons (Fsp3) is 0. The van der Waals surface area contributed by atoms with Crippen LogP contribution in [0.1, 0.15) is 22.3 Å². The highest BCUT2D eigenvalue weighted by atomic mass is 32.1. The molecule has 55 heavy (non-hydrogen) atoms. The van der Waals surface area contributed by atoms with Crippen molar-refractivity contribution in [2.45, 2.75) is 0 Å². The van der Waals surface area contributed by atoms with Crippen molar-refractivity contribution in [2.24, 2.45) is 0 Å². The number of thiazole rings is 1. The van der Waals surface area contributed by atoms with Crippen LogP contribution in [0.4, 0.5) is 0 Å². The van der Waals surface area contributed by atoms with E-state index in [0.29, 0.717) is 22.3 Å². The molecule has 0 aliphatic heterocycles. The van der Waals surface area contributed by atoms with Gasteiger partial charge < -0.3 is 9.13 Å². The van der Waals surface area contributed by atoms with E-state index in [4.69, 9.17) is 4.98 Å². The number of nitrogens with zero attached hydrogens (tertiary/aromatic N) is 7. The van der Waals surface area contributed by atoms with Crippen LogP contribution in [-0.4, -0.2) is 14.1 Å². The molecule has 3 heterocycles. The number of fused-ring (bicyclic) bond motifs is 7. The minimum Gasteiger partial charge on any atom is -0.309 e. The normalized spacial score (nSPS) is 11.2. The van der Waals surface area contributed by atoms with Crippen LogP contribution in [0, 0.1) is 45.3 Å². The highest BCUT2D eigenvalue weighted by Crippen LogP contribution is 2.39. The molecule has 252 valence electrons. The van der Waals surface area contributed by atoms with Crippen LogP contribution >= 0.6 is 11.3 Å². The van der Waals surface area contributed by atoms with Crippen LogP contribution in [0.5, 0.6) is 0 Å². The third-order valence-corrected chi connectivity index (χ3v) is 11.3. The second kappa shape index (κ2) is 12.3. The highest BCUT2D eigenvalue weighted by molar-refractivity contribution is 7.21. The molecule has 0 bridgehead atoms. The molecule has 0 amide bonds. The molecule has 0 fully saturated rings. The van der Waals surface area contributed by atoms with E-state index in [1.165, 1.54) is 0 Å². The Morgan fingerprint density at radius 3 is 1.25 bits per heavy atom. The summed E-state index contributed by atoms with van der Waals surface area (Å²) >= 11 is 1.66. The fourth-order valence-corrected chi connectivity index (χ4v) is 8.66. The van der Waals surface area contributed by atoms with E-state index in [1.54, 1.807) is 11.3 Å². The Hall–Kier alpha value is -8.01. The van der Waals surface area contributed by atoms with E-state index < -0.39 is 0 Å². The minimum absolute atomic E-state index is 0.523. The van der Waals surface area contributed by atoms with Crippen LogP contribution in [0.2, 0.25) is 0 Å². The number of hydrogen-bond acceptors (Lipinski definition) is 6. The summed E-state index contributed by atoms with van der Waals surface area (Å²) in [5, 5.41) is 44.6. The maximum absolute atomic E-state index is 9.95. The molecule has 0 aliphatic rings. The van der Waals surface area contributed by atoms with E-state index in [0.717, 1.165) is 86.9 Å². The zero-order chi connectivity index (χ0) is 37.2. The summed E-state index contributed by atoms with van der Waals surface area (Å²) in [6, 6.07) is 54.7. The summed E-state index contributed by atoms with van der Waals surface area (Å²) in [5.74, 6) is 0. The molecule has 8 heteroatoms. The van der Waals surface area contributed by atoms with Gasteiger partial charge in [0.05, 0.1) is 78.8 Å². The van der Waals surface area contributed by atoms with Gasteiger partial charge in [0.25, 0.3) is 0 Å². The van der Waals surface area contributed by atoms with Crippen molar-refractivity contribution in [3.63, 3.8) is 0 Å². The van der Waals surface area contributed by atoms with Gasteiger partial charge in [-0.25, -0.2) is 4.98 Å². The maximum atomic E-state index is 9.95. The Labute approximate surface area is 318 Å². The first-order chi connectivity index (χ1) is 27.0. The Kier molecular flexibility index (Phi) is 7.09. The van der Waals surface area contributed by atoms with Crippen LogP contribution in [-0.2, 0) is 0 Å². The second-order valence-electron chi connectivity index (χ2n) is 13.3. The standard InChI is InChI=1S/C47H23N7S/c48-24-28-5-13-37-38-14-6-29(25-49)18-43(38)53(42(37)17-28)35-21-34(32-9-11-33(12-10-32)47-52-41-3-1-2-4-46(41)55-47)22-36(23-35)54-44-19-30(26-50)7-15-39(44)40-16-8-31(27-51)20-45(40)54/h1-23H. The van der Waals surface area contributed by atoms with Gasteiger partial charge in [-0.05, 0) is 90.0 Å². The van der Waals surface area contributed by atoms with Crippen molar-refractivity contribution < 1.29 is 0 Å². The van der Waals surface area contributed by atoms with Gasteiger partial charge in [-0.3, -0.25) is 0 Å². The molecule has 0 aliphatic carbocycles. The monoisotopic (exact) mass is 717 g/mol. The van der Waals surface area contributed by atoms with Crippen LogP contribution in [0.15, 0.2) is 140 Å². The van der Waals surface area contributed by atoms with Crippen LogP contribution < -0.4 is 0 Å². The first kappa shape index (κ1) is 31.7. The summed E-state index contributed by atoms with van der Waals surface area (Å²) in [4.78, 5) is 4.87. The van der Waals surface area contributed by atoms with Crippen molar-refractivity contribution in [1.82, 2.24) is 14.1 Å². The third-order valence-electron chi connectivity index (χ3n) is 10.2. The first-order valence-electron chi connectivity index (χ1n) is 17.4. The zero-order valence-corrected chi connectivity index (χ0v) is 29.6. The number of nitriles is 4. The molecule has 0 unspecified atom stereocenters. The van der Waals surface area contributed by atoms with Gasteiger partial charge in [0.1, 0.15) is 5.01 Å². The number of rotatable bonds is 4. The Morgan fingerprint density at radius 2 is 0.836 bits per heavy atom. The van der Waals surface area contributed by atoms with Gasteiger partial charge in [0, 0.05) is 38.5 Å². The lowest BCUT2D eigenvalue weighted by atomic mass is 10.0. The van der Waals surface area contributed by atoms with Gasteiger partial charge >= 0.3 is 0 Å². The number of hydrogen-bond donors (Lipinski definition) is 0. The van der Waals surface area contributed by atoms with Gasteiger partial charge in [0.15, 0.2) is 0 Å². The van der Waals surface area contributed by atoms with E-state index in [1.807, 2.05) is 91.0 Å². The van der Waals surface area contributed by atoms with E-state index >= 15 is 0 Å². The van der Waals surface area contributed by atoms with Crippen molar-refractivity contribution in [1.29, 1.82) is 21.0 Å². The summed E-state index contributed by atoms with van der Waals surface area (Å²) < 4.78 is 5.36. The van der Waals surface area contributed by atoms with E-state index in [-0.39, 0.29) is 0 Å². The average Bonchev–Trinajstić information content (AvgIpc) is 3.92. The molecule has 0 spiro atoms. The average molecular weight is 718 g/mol. The van der Waals surface area contributed by atoms with E-state index in [2.05, 4.69) is 81.9 Å². The van der Waals surface area contributed by atoms with Gasteiger partial charge in [0.2, 0.25) is 0 Å². The Balaban J connectivity index is 1.28. The van der Waals surface area contributed by atoms with E-state index in [9.17, 15) is 21.0 Å². The van der Waals surface area contributed by atoms with Crippen molar-refractivity contribution in [2.75, 3.05) is 0 Å². The van der Waals surface area contributed by atoms with Crippen LogP contribution in [0.3, 0.4) is 0 Å². The molecule has 0 radical (unpaired) electrons. The fourth-order valence-electron chi connectivity index (χ4n) is 7.69. The molecular formula is C47H23N7S. The molecule has 0 saturated carbocycles. The first-order valence-corrected chi connectivity index (χ1v) is 18.2. The predicted octanol–water partition coefficient (Wildman–Crippen LogP) is 11.3. The quantitative estimate of drug-likeness (QED) is 0.179. The lowest BCUT2D eigenvalue weighted by Gasteiger charge is -2.16. The lowest BCUT2D eigenvalue weighted by Crippen LogP contribution is -2.01. The SMILES string of the molecule is N#Cc1ccc2c3ccc(C#N)cc3n(-c3cc(-c4ccc(-c5nc6ccccc6s5)cc4)cc(-n4c5cc(C#N)ccc5c5ccc(C#N)cc54)c3)c2c1. The maximum Gasteiger partial charge on any atom is 0.124 e. The topological polar surface area (TPSA) is 118 Å². The number of para-hydroxylation sites is 1. The molecule has 0 N–H and O–H groups in total. The van der Waals surface area contributed by atoms with Gasteiger partial charge in [-0.15, -0.1) is 11.3 Å². The van der Waals surface area contributed by atoms with Gasteiger partial charge in [-0.1, -0.05) is 60.7 Å². The van der Waals surface area contributed by atoms with Crippen molar-refractivity contribution >= 4 is 65.2 Å². The summed E-state index contributed by atoms with van der Waals surface area (Å²) in [6.45, 7) is 0. The van der Waals surface area contributed by atoms with Crippen LogP contribution in [0.25, 0.3) is 86.9 Å². The third kappa shape index (κ3) is 5.03.